The zero-order chi connectivity index (χ0) is 13.1. The second-order valence-electron chi connectivity index (χ2n) is 5.51. The second-order valence-corrected chi connectivity index (χ2v) is 5.51. The van der Waals surface area contributed by atoms with Crippen molar-refractivity contribution in [3.8, 4) is 0 Å². The van der Waals surface area contributed by atoms with Gasteiger partial charge in [0, 0.05) is 6.54 Å². The molecular formula is C15H26N2OS2. The molecule has 1 heterocycles. The normalized spacial score (nSPS) is 21.7. The van der Waals surface area contributed by atoms with Gasteiger partial charge in [-0.15, -0.1) is 0 Å². The lowest BCUT2D eigenvalue weighted by atomic mass is 9.96. The summed E-state index contributed by atoms with van der Waals surface area (Å²) >= 11 is 0. The summed E-state index contributed by atoms with van der Waals surface area (Å²) in [6.07, 6.45) is 0.895. The van der Waals surface area contributed by atoms with Crippen LogP contribution in [-0.2, 0) is 4.79 Å². The van der Waals surface area contributed by atoms with E-state index in [4.69, 9.17) is 0 Å². The molecule has 1 aromatic carbocycles. The van der Waals surface area contributed by atoms with Gasteiger partial charge < -0.3 is 10.6 Å². The quantitative estimate of drug-likeness (QED) is 0.899. The van der Waals surface area contributed by atoms with E-state index < -0.39 is 0 Å². The van der Waals surface area contributed by atoms with E-state index in [1.54, 1.807) is 0 Å². The summed E-state index contributed by atoms with van der Waals surface area (Å²) in [5.41, 5.74) is 2.44. The van der Waals surface area contributed by atoms with Crippen LogP contribution in [0.2, 0.25) is 0 Å². The van der Waals surface area contributed by atoms with Gasteiger partial charge in [0.15, 0.2) is 0 Å². The first-order valence-corrected chi connectivity index (χ1v) is 6.67. The fourth-order valence-electron chi connectivity index (χ4n) is 2.50. The molecule has 0 saturated carbocycles. The van der Waals surface area contributed by atoms with Gasteiger partial charge in [0.1, 0.15) is 0 Å². The highest BCUT2D eigenvalue weighted by Crippen LogP contribution is 2.20. The maximum atomic E-state index is 12.1. The molecule has 1 amide bonds. The molecule has 1 fully saturated rings. The van der Waals surface area contributed by atoms with Crippen LogP contribution in [-0.4, -0.2) is 18.5 Å². The molecule has 2 N–H and O–H groups in total. The number of nitrogens with one attached hydrogen (secondary N) is 2. The van der Waals surface area contributed by atoms with Crippen LogP contribution in [0.5, 0.6) is 0 Å². The number of carbonyl (C=O) groups is 1. The van der Waals surface area contributed by atoms with Crippen LogP contribution in [0.1, 0.15) is 37.4 Å². The number of benzene rings is 1. The summed E-state index contributed by atoms with van der Waals surface area (Å²) in [6.45, 7) is 7.18. The van der Waals surface area contributed by atoms with Crippen LogP contribution < -0.4 is 10.6 Å². The Morgan fingerprint density at radius 3 is 2.45 bits per heavy atom. The lowest BCUT2D eigenvalue weighted by Gasteiger charge is -2.32. The topological polar surface area (TPSA) is 41.1 Å². The third kappa shape index (κ3) is 4.72. The molecule has 0 unspecified atom stereocenters. The van der Waals surface area contributed by atoms with E-state index >= 15 is 0 Å². The Hall–Kier alpha value is -0.650. The van der Waals surface area contributed by atoms with Gasteiger partial charge in [-0.2, -0.15) is 27.0 Å². The fraction of sp³-hybridized carbons (Fsp3) is 0.533. The molecule has 1 saturated heterocycles. The van der Waals surface area contributed by atoms with Gasteiger partial charge in [-0.3, -0.25) is 4.79 Å². The zero-order valence-corrected chi connectivity index (χ0v) is 14.4. The average molecular weight is 315 g/mol. The molecule has 3 nitrogen and oxygen atoms in total. The van der Waals surface area contributed by atoms with Crippen molar-refractivity contribution in [2.45, 2.75) is 39.3 Å². The van der Waals surface area contributed by atoms with Crippen LogP contribution in [0.25, 0.3) is 0 Å². The van der Waals surface area contributed by atoms with Gasteiger partial charge in [0.05, 0.1) is 12.1 Å². The van der Waals surface area contributed by atoms with Gasteiger partial charge in [-0.05, 0) is 30.4 Å². The minimum atomic E-state index is -0.0368. The third-order valence-electron chi connectivity index (χ3n) is 3.47. The molecule has 2 atom stereocenters. The van der Waals surface area contributed by atoms with Crippen LogP contribution in [0.4, 0.5) is 0 Å². The van der Waals surface area contributed by atoms with Crippen molar-refractivity contribution < 1.29 is 4.79 Å². The van der Waals surface area contributed by atoms with Crippen molar-refractivity contribution in [2.75, 3.05) is 6.54 Å². The van der Waals surface area contributed by atoms with E-state index in [0.29, 0.717) is 5.92 Å². The average Bonchev–Trinajstić information content (AvgIpc) is 2.32. The van der Waals surface area contributed by atoms with Gasteiger partial charge >= 0.3 is 0 Å². The summed E-state index contributed by atoms with van der Waals surface area (Å²) in [5, 5.41) is 6.49. The van der Waals surface area contributed by atoms with Crippen molar-refractivity contribution in [1.29, 1.82) is 0 Å². The molecule has 5 heteroatoms. The van der Waals surface area contributed by atoms with E-state index in [1.807, 2.05) is 12.1 Å². The van der Waals surface area contributed by atoms with Gasteiger partial charge in [0.2, 0.25) is 5.91 Å². The van der Waals surface area contributed by atoms with E-state index in [1.165, 1.54) is 11.1 Å². The standard InChI is InChI=1S/C15H22N2O.2H2S/c1-10(2)8-13-15(18)17-14(9-16-13)12-7-5-4-6-11(12)3;;/h4-7,10,13-14,16H,8-9H2,1-3H3,(H,17,18);2*1H2/t13-,14+;;/m0../s1. The van der Waals surface area contributed by atoms with E-state index in [9.17, 15) is 4.79 Å². The highest BCUT2D eigenvalue weighted by Gasteiger charge is 2.28. The van der Waals surface area contributed by atoms with Gasteiger partial charge in [0.25, 0.3) is 0 Å². The predicted octanol–water partition coefficient (Wildman–Crippen LogP) is 2.40. The first-order chi connectivity index (χ1) is 8.58. The molecule has 1 aliphatic heterocycles. The second kappa shape index (κ2) is 8.60. The number of hydrogen-bond acceptors (Lipinski definition) is 2. The Kier molecular flexibility index (Phi) is 8.32. The maximum absolute atomic E-state index is 12.1. The Bertz CT molecular complexity index is 438. The molecule has 20 heavy (non-hydrogen) atoms. The number of hydrogen-bond donors (Lipinski definition) is 2. The minimum absolute atomic E-state index is 0. The number of piperazine rings is 1. The summed E-state index contributed by atoms with van der Waals surface area (Å²) < 4.78 is 0. The maximum Gasteiger partial charge on any atom is 0.237 e. The summed E-state index contributed by atoms with van der Waals surface area (Å²) in [5.74, 6) is 0.659. The van der Waals surface area contributed by atoms with Crippen molar-refractivity contribution in [3.63, 3.8) is 0 Å². The molecular weight excluding hydrogens is 288 g/mol. The molecule has 1 aliphatic rings. The van der Waals surface area contributed by atoms with E-state index in [2.05, 4.69) is 43.5 Å². The van der Waals surface area contributed by atoms with Crippen LogP contribution in [0.15, 0.2) is 24.3 Å². The van der Waals surface area contributed by atoms with Crippen LogP contribution >= 0.6 is 27.0 Å². The summed E-state index contributed by atoms with van der Waals surface area (Å²) in [6, 6.07) is 8.28. The molecule has 0 aromatic heterocycles. The minimum Gasteiger partial charge on any atom is -0.347 e. The Balaban J connectivity index is 0.00000180. The van der Waals surface area contributed by atoms with E-state index in [-0.39, 0.29) is 45.0 Å². The van der Waals surface area contributed by atoms with Crippen LogP contribution in [0, 0.1) is 12.8 Å². The largest absolute Gasteiger partial charge is 0.347 e. The van der Waals surface area contributed by atoms with E-state index in [0.717, 1.165) is 13.0 Å². The molecule has 114 valence electrons. The molecule has 0 radical (unpaired) electrons. The van der Waals surface area contributed by atoms with Crippen molar-refractivity contribution >= 4 is 32.9 Å². The number of carbonyl (C=O) groups excluding carboxylic acids is 1. The molecule has 0 aliphatic carbocycles. The predicted molar refractivity (Wildman–Crippen MR) is 94.1 cm³/mol. The summed E-state index contributed by atoms with van der Waals surface area (Å²) in [4.78, 5) is 12.1. The number of amides is 1. The monoisotopic (exact) mass is 314 g/mol. The smallest absolute Gasteiger partial charge is 0.237 e. The molecule has 0 spiro atoms. The number of rotatable bonds is 3. The fourth-order valence-corrected chi connectivity index (χ4v) is 2.50. The molecule has 0 bridgehead atoms. The van der Waals surface area contributed by atoms with Gasteiger partial charge in [-0.25, -0.2) is 0 Å². The Labute approximate surface area is 135 Å². The molecule has 2 rings (SSSR count). The number of aryl methyl sites for hydroxylation is 1. The third-order valence-corrected chi connectivity index (χ3v) is 3.47. The first kappa shape index (κ1) is 19.4. The summed E-state index contributed by atoms with van der Waals surface area (Å²) in [7, 11) is 0. The SMILES string of the molecule is Cc1ccccc1[C@H]1CN[C@@H](CC(C)C)C(=O)N1.S.S. The molecule has 1 aromatic rings. The lowest BCUT2D eigenvalue weighted by Crippen LogP contribution is -2.54. The highest BCUT2D eigenvalue weighted by molar-refractivity contribution is 7.59. The highest BCUT2D eigenvalue weighted by atomic mass is 32.1. The Morgan fingerprint density at radius 1 is 1.25 bits per heavy atom. The Morgan fingerprint density at radius 2 is 1.90 bits per heavy atom. The first-order valence-electron chi connectivity index (χ1n) is 6.67. The van der Waals surface area contributed by atoms with Gasteiger partial charge in [-0.1, -0.05) is 38.1 Å². The van der Waals surface area contributed by atoms with Crippen LogP contribution in [0.3, 0.4) is 0 Å². The lowest BCUT2D eigenvalue weighted by molar-refractivity contribution is -0.125. The van der Waals surface area contributed by atoms with Crippen molar-refractivity contribution in [1.82, 2.24) is 10.6 Å². The van der Waals surface area contributed by atoms with Crippen molar-refractivity contribution in [3.05, 3.63) is 35.4 Å². The zero-order valence-electron chi connectivity index (χ0n) is 12.4. The van der Waals surface area contributed by atoms with Crippen molar-refractivity contribution in [2.24, 2.45) is 5.92 Å².